The number of anilines is 3. The van der Waals surface area contributed by atoms with Gasteiger partial charge in [0.2, 0.25) is 5.91 Å². The monoisotopic (exact) mass is 450 g/mol. The van der Waals surface area contributed by atoms with E-state index in [-0.39, 0.29) is 18.0 Å². The van der Waals surface area contributed by atoms with Crippen LogP contribution in [0.3, 0.4) is 0 Å². The fourth-order valence-corrected chi connectivity index (χ4v) is 4.89. The van der Waals surface area contributed by atoms with Gasteiger partial charge in [-0.1, -0.05) is 0 Å². The Morgan fingerprint density at radius 3 is 2.39 bits per heavy atom. The first-order chi connectivity index (χ1) is 15.9. The van der Waals surface area contributed by atoms with E-state index in [0.717, 1.165) is 56.6 Å². The Morgan fingerprint density at radius 1 is 1.00 bits per heavy atom. The molecule has 1 saturated carbocycles. The molecule has 2 aromatic carbocycles. The molecule has 1 spiro atoms. The molecule has 2 heterocycles. The lowest BCUT2D eigenvalue weighted by atomic mass is 10.2. The van der Waals surface area contributed by atoms with Crippen LogP contribution in [-0.4, -0.2) is 48.8 Å². The smallest absolute Gasteiger partial charge is 0.323 e. The number of hydrogen-bond acceptors (Lipinski definition) is 5. The molecule has 8 nitrogen and oxygen atoms in total. The molecule has 2 fully saturated rings. The predicted octanol–water partition coefficient (Wildman–Crippen LogP) is 4.43. The molecule has 8 heteroatoms. The Morgan fingerprint density at radius 2 is 1.67 bits per heavy atom. The van der Waals surface area contributed by atoms with Crippen LogP contribution < -0.4 is 25.0 Å². The molecule has 2 aliphatic heterocycles. The van der Waals surface area contributed by atoms with Gasteiger partial charge in [0.15, 0.2) is 11.5 Å². The Kier molecular flexibility index (Phi) is 5.52. The summed E-state index contributed by atoms with van der Waals surface area (Å²) in [6.45, 7) is 3.32. The first kappa shape index (κ1) is 21.4. The summed E-state index contributed by atoms with van der Waals surface area (Å²) in [5.41, 5.74) is 2.44. The van der Waals surface area contributed by atoms with Gasteiger partial charge in [0.1, 0.15) is 0 Å². The number of hydrogen-bond donors (Lipinski definition) is 2. The van der Waals surface area contributed by atoms with Gasteiger partial charge in [-0.25, -0.2) is 4.79 Å². The summed E-state index contributed by atoms with van der Waals surface area (Å²) >= 11 is 0. The Labute approximate surface area is 193 Å². The number of ether oxygens (including phenoxy) is 2. The van der Waals surface area contributed by atoms with Crippen molar-refractivity contribution in [3.63, 3.8) is 0 Å². The van der Waals surface area contributed by atoms with Gasteiger partial charge in [0.05, 0.1) is 6.04 Å². The number of nitrogens with zero attached hydrogens (tertiary/aromatic N) is 2. The van der Waals surface area contributed by atoms with E-state index >= 15 is 0 Å². The predicted molar refractivity (Wildman–Crippen MR) is 127 cm³/mol. The van der Waals surface area contributed by atoms with Crippen molar-refractivity contribution in [3.05, 3.63) is 42.5 Å². The summed E-state index contributed by atoms with van der Waals surface area (Å²) in [4.78, 5) is 28.2. The van der Waals surface area contributed by atoms with Crippen molar-refractivity contribution in [1.82, 2.24) is 4.90 Å². The number of benzene rings is 2. The molecule has 3 amide bonds. The summed E-state index contributed by atoms with van der Waals surface area (Å²) in [6.07, 6.45) is 4.95. The van der Waals surface area contributed by atoms with Gasteiger partial charge in [0.25, 0.3) is 5.79 Å². The lowest BCUT2D eigenvalue weighted by Crippen LogP contribution is -2.37. The van der Waals surface area contributed by atoms with Gasteiger partial charge in [-0.15, -0.1) is 0 Å². The highest BCUT2D eigenvalue weighted by Gasteiger charge is 2.44. The molecule has 0 radical (unpaired) electrons. The SMILES string of the molecule is CC(=O)N(C)C1CCN(c2ccc(NC(=O)Nc3ccc4c(c3)OC3(CCCC3)O4)cc2)C1. The molecule has 0 aromatic heterocycles. The zero-order valence-corrected chi connectivity index (χ0v) is 19.1. The topological polar surface area (TPSA) is 83.1 Å². The number of rotatable bonds is 4. The summed E-state index contributed by atoms with van der Waals surface area (Å²) in [5.74, 6) is 0.991. The zero-order valence-electron chi connectivity index (χ0n) is 19.1. The minimum absolute atomic E-state index is 0.0907. The second kappa shape index (κ2) is 8.50. The van der Waals surface area contributed by atoms with Crippen LogP contribution in [0.2, 0.25) is 0 Å². The standard InChI is InChI=1S/C25H30N4O4/c1-17(30)28(2)21-11-14-29(16-21)20-8-5-18(6-9-20)26-24(31)27-19-7-10-22-23(15-19)33-25(32-22)12-3-4-13-25/h5-10,15,21H,3-4,11-14,16H2,1-2H3,(H2,26,27,31). The fraction of sp³-hybridized carbons (Fsp3) is 0.440. The van der Waals surface area contributed by atoms with E-state index in [1.807, 2.05) is 54.4 Å². The Bertz CT molecular complexity index is 1050. The maximum absolute atomic E-state index is 12.5. The maximum atomic E-state index is 12.5. The van der Waals surface area contributed by atoms with Gasteiger partial charge in [-0.2, -0.15) is 0 Å². The molecule has 33 heavy (non-hydrogen) atoms. The number of likely N-dealkylation sites (N-methyl/N-ethyl adjacent to an activating group) is 1. The van der Waals surface area contributed by atoms with Crippen LogP contribution in [-0.2, 0) is 4.79 Å². The van der Waals surface area contributed by atoms with Gasteiger partial charge in [0, 0.05) is 63.0 Å². The van der Waals surface area contributed by atoms with Crippen molar-refractivity contribution in [3.8, 4) is 11.5 Å². The number of carbonyl (C=O) groups excluding carboxylic acids is 2. The normalized spacial score (nSPS) is 20.2. The molecule has 1 saturated heterocycles. The third-order valence-corrected chi connectivity index (χ3v) is 6.86. The minimum atomic E-state index is -0.512. The third kappa shape index (κ3) is 4.42. The number of fused-ring (bicyclic) bond motifs is 1. The van der Waals surface area contributed by atoms with E-state index in [1.54, 1.807) is 6.92 Å². The quantitative estimate of drug-likeness (QED) is 0.720. The summed E-state index contributed by atoms with van der Waals surface area (Å²) < 4.78 is 12.1. The Hall–Kier alpha value is -3.42. The number of urea groups is 1. The van der Waals surface area contributed by atoms with Gasteiger partial charge in [-0.05, 0) is 55.7 Å². The molecule has 1 unspecified atom stereocenters. The first-order valence-electron chi connectivity index (χ1n) is 11.6. The van der Waals surface area contributed by atoms with Gasteiger partial charge >= 0.3 is 6.03 Å². The highest BCUT2D eigenvalue weighted by molar-refractivity contribution is 6.00. The summed E-state index contributed by atoms with van der Waals surface area (Å²) in [6, 6.07) is 13.2. The van der Waals surface area contributed by atoms with Crippen LogP contribution in [0.25, 0.3) is 0 Å². The summed E-state index contributed by atoms with van der Waals surface area (Å²) in [7, 11) is 1.86. The van der Waals surface area contributed by atoms with E-state index in [4.69, 9.17) is 9.47 Å². The highest BCUT2D eigenvalue weighted by atomic mass is 16.7. The average molecular weight is 451 g/mol. The molecular weight excluding hydrogens is 420 g/mol. The number of carbonyl (C=O) groups is 2. The van der Waals surface area contributed by atoms with Crippen LogP contribution >= 0.6 is 0 Å². The maximum Gasteiger partial charge on any atom is 0.323 e. The molecule has 1 atom stereocenters. The van der Waals surface area contributed by atoms with E-state index in [2.05, 4.69) is 15.5 Å². The lowest BCUT2D eigenvalue weighted by molar-refractivity contribution is -0.129. The van der Waals surface area contributed by atoms with Crippen LogP contribution in [0.4, 0.5) is 21.9 Å². The van der Waals surface area contributed by atoms with Crippen LogP contribution in [0.1, 0.15) is 39.0 Å². The molecule has 2 N–H and O–H groups in total. The molecule has 174 valence electrons. The number of amides is 3. The zero-order chi connectivity index (χ0) is 23.0. The van der Waals surface area contributed by atoms with Crippen molar-refractivity contribution in [1.29, 1.82) is 0 Å². The molecule has 5 rings (SSSR count). The highest BCUT2D eigenvalue weighted by Crippen LogP contribution is 2.47. The second-order valence-corrected chi connectivity index (χ2v) is 9.13. The van der Waals surface area contributed by atoms with Crippen molar-refractivity contribution < 1.29 is 19.1 Å². The summed E-state index contributed by atoms with van der Waals surface area (Å²) in [5, 5.41) is 5.74. The fourth-order valence-electron chi connectivity index (χ4n) is 4.89. The Balaban J connectivity index is 1.16. The van der Waals surface area contributed by atoms with Crippen LogP contribution in [0, 0.1) is 0 Å². The number of nitrogens with one attached hydrogen (secondary N) is 2. The minimum Gasteiger partial charge on any atom is -0.448 e. The third-order valence-electron chi connectivity index (χ3n) is 6.86. The van der Waals surface area contributed by atoms with E-state index in [9.17, 15) is 9.59 Å². The van der Waals surface area contributed by atoms with E-state index in [1.165, 1.54) is 0 Å². The molecule has 0 bridgehead atoms. The molecule has 3 aliphatic rings. The van der Waals surface area contributed by atoms with Crippen molar-refractivity contribution in [2.45, 2.75) is 50.9 Å². The van der Waals surface area contributed by atoms with E-state index < -0.39 is 5.79 Å². The lowest BCUT2D eigenvalue weighted by Gasteiger charge is -2.24. The largest absolute Gasteiger partial charge is 0.448 e. The van der Waals surface area contributed by atoms with Crippen LogP contribution in [0.5, 0.6) is 11.5 Å². The van der Waals surface area contributed by atoms with E-state index in [0.29, 0.717) is 17.1 Å². The molecule has 1 aliphatic carbocycles. The van der Waals surface area contributed by atoms with Crippen molar-refractivity contribution >= 4 is 29.0 Å². The second-order valence-electron chi connectivity index (χ2n) is 9.13. The van der Waals surface area contributed by atoms with Gasteiger partial charge < -0.3 is 29.9 Å². The van der Waals surface area contributed by atoms with Crippen molar-refractivity contribution in [2.24, 2.45) is 0 Å². The van der Waals surface area contributed by atoms with Crippen LogP contribution in [0.15, 0.2) is 42.5 Å². The average Bonchev–Trinajstić information content (AvgIpc) is 3.53. The molecule has 2 aromatic rings. The van der Waals surface area contributed by atoms with Crippen molar-refractivity contribution in [2.75, 3.05) is 35.7 Å². The van der Waals surface area contributed by atoms with Gasteiger partial charge in [-0.3, -0.25) is 4.79 Å². The first-order valence-corrected chi connectivity index (χ1v) is 11.6. The molecular formula is C25H30N4O4.